The maximum Gasteiger partial charge on any atom is 0.171 e. The van der Waals surface area contributed by atoms with Gasteiger partial charge in [0.1, 0.15) is 0 Å². The van der Waals surface area contributed by atoms with Gasteiger partial charge in [0.05, 0.1) is 0 Å². The molecule has 50 heavy (non-hydrogen) atoms. The Hall–Kier alpha value is -3.13. The monoisotopic (exact) mass is 774 g/mol. The molecular formula is C42H31OPS6. The van der Waals surface area contributed by atoms with Crippen molar-refractivity contribution in [3.05, 3.63) is 176 Å². The van der Waals surface area contributed by atoms with Crippen molar-refractivity contribution in [2.24, 2.45) is 0 Å². The number of hydrogen-bond acceptors (Lipinski definition) is 7. The Morgan fingerprint density at radius 3 is 0.800 bits per heavy atom. The number of hydrogen-bond donors (Lipinski definition) is 2. The zero-order valence-electron chi connectivity index (χ0n) is 26.6. The Morgan fingerprint density at radius 2 is 0.520 bits per heavy atom. The van der Waals surface area contributed by atoms with Crippen LogP contribution in [0, 0.1) is 0 Å². The highest BCUT2D eigenvalue weighted by Crippen LogP contribution is 2.44. The van der Waals surface area contributed by atoms with Crippen LogP contribution in [0.2, 0.25) is 0 Å². The second-order valence-corrected chi connectivity index (χ2v) is 19.7. The molecule has 0 N–H and O–H groups in total. The van der Waals surface area contributed by atoms with E-state index in [1.54, 1.807) is 47.0 Å². The second-order valence-electron chi connectivity index (χ2n) is 11.3. The Labute approximate surface area is 322 Å². The van der Waals surface area contributed by atoms with Crippen LogP contribution in [0.3, 0.4) is 0 Å². The van der Waals surface area contributed by atoms with Gasteiger partial charge in [0.25, 0.3) is 0 Å². The molecule has 0 radical (unpaired) electrons. The Balaban J connectivity index is 1.05. The van der Waals surface area contributed by atoms with Crippen LogP contribution in [-0.4, -0.2) is 0 Å². The fraction of sp³-hybridized carbons (Fsp3) is 0. The van der Waals surface area contributed by atoms with Crippen LogP contribution in [0.25, 0.3) is 0 Å². The van der Waals surface area contributed by atoms with E-state index in [1.807, 2.05) is 78.9 Å². The number of rotatable bonds is 11. The van der Waals surface area contributed by atoms with E-state index in [-0.39, 0.29) is 0 Å². The van der Waals surface area contributed by atoms with Crippen LogP contribution < -0.4 is 15.9 Å². The molecule has 7 aromatic carbocycles. The molecule has 7 rings (SSSR count). The first-order chi connectivity index (χ1) is 24.4. The second kappa shape index (κ2) is 16.5. The molecule has 0 unspecified atom stereocenters. The van der Waals surface area contributed by atoms with E-state index >= 15 is 4.57 Å². The maximum atomic E-state index is 15.1. The molecule has 0 aliphatic heterocycles. The van der Waals surface area contributed by atoms with E-state index in [1.165, 1.54) is 19.6 Å². The average molecular weight is 775 g/mol. The molecule has 0 fully saturated rings. The van der Waals surface area contributed by atoms with Crippen LogP contribution in [0.1, 0.15) is 0 Å². The van der Waals surface area contributed by atoms with Crippen LogP contribution in [0.4, 0.5) is 0 Å². The summed E-state index contributed by atoms with van der Waals surface area (Å²) in [6, 6.07) is 59.9. The van der Waals surface area contributed by atoms with Gasteiger partial charge in [-0.3, -0.25) is 0 Å². The average Bonchev–Trinajstić information content (AvgIpc) is 3.16. The molecule has 0 saturated carbocycles. The van der Waals surface area contributed by atoms with Crippen molar-refractivity contribution >= 4 is 95.4 Å². The van der Waals surface area contributed by atoms with E-state index < -0.39 is 7.14 Å². The molecule has 8 heteroatoms. The molecule has 0 bridgehead atoms. The van der Waals surface area contributed by atoms with Crippen molar-refractivity contribution in [2.45, 2.75) is 49.0 Å². The van der Waals surface area contributed by atoms with Crippen molar-refractivity contribution in [3.63, 3.8) is 0 Å². The van der Waals surface area contributed by atoms with Gasteiger partial charge in [-0.2, -0.15) is 0 Å². The summed E-state index contributed by atoms with van der Waals surface area (Å²) in [5, 5.41) is 2.48. The summed E-state index contributed by atoms with van der Waals surface area (Å²) in [6.45, 7) is 0. The summed E-state index contributed by atoms with van der Waals surface area (Å²) in [5.74, 6) is 0. The zero-order valence-corrected chi connectivity index (χ0v) is 32.6. The van der Waals surface area contributed by atoms with Crippen molar-refractivity contribution in [2.75, 3.05) is 0 Å². The fourth-order valence-corrected chi connectivity index (χ4v) is 11.4. The van der Waals surface area contributed by atoms with Gasteiger partial charge in [-0.05, 0) is 146 Å². The zero-order chi connectivity index (χ0) is 34.3. The first kappa shape index (κ1) is 35.3. The highest BCUT2D eigenvalue weighted by molar-refractivity contribution is 8.00. The van der Waals surface area contributed by atoms with Crippen LogP contribution in [0.15, 0.2) is 225 Å². The molecule has 1 nitrogen and oxygen atoms in total. The Bertz CT molecular complexity index is 2060. The van der Waals surface area contributed by atoms with Gasteiger partial charge in [-0.1, -0.05) is 77.4 Å². The van der Waals surface area contributed by atoms with Crippen molar-refractivity contribution in [1.82, 2.24) is 0 Å². The van der Waals surface area contributed by atoms with Gasteiger partial charge in [-0.15, -0.1) is 25.3 Å². The molecule has 0 aromatic heterocycles. The van der Waals surface area contributed by atoms with E-state index in [9.17, 15) is 0 Å². The summed E-state index contributed by atoms with van der Waals surface area (Å²) in [6.07, 6.45) is 0. The first-order valence-electron chi connectivity index (χ1n) is 15.8. The topological polar surface area (TPSA) is 17.1 Å². The van der Waals surface area contributed by atoms with Gasteiger partial charge in [0.2, 0.25) is 0 Å². The number of benzene rings is 7. The normalized spacial score (nSPS) is 11.4. The summed E-state index contributed by atoms with van der Waals surface area (Å²) in [5.41, 5.74) is 0. The van der Waals surface area contributed by atoms with Gasteiger partial charge >= 0.3 is 0 Å². The summed E-state index contributed by atoms with van der Waals surface area (Å²) in [4.78, 5) is 11.2. The van der Waals surface area contributed by atoms with Gasteiger partial charge in [-0.25, -0.2) is 0 Å². The van der Waals surface area contributed by atoms with Crippen molar-refractivity contribution < 1.29 is 4.57 Å². The lowest BCUT2D eigenvalue weighted by Gasteiger charge is -2.20. The molecule has 0 spiro atoms. The summed E-state index contributed by atoms with van der Waals surface area (Å²) in [7, 11) is -3.10. The molecule has 0 aliphatic rings. The molecule has 0 aliphatic carbocycles. The molecule has 0 amide bonds. The Morgan fingerprint density at radius 1 is 0.300 bits per heavy atom. The van der Waals surface area contributed by atoms with Crippen molar-refractivity contribution in [3.8, 4) is 0 Å². The standard InChI is InChI=1S/C42H31OPS6/c43-44(30-4-2-1-3-5-30,31-6-14-35(15-7-31)47-39-22-26-41(27-23-39)49-37-18-10-33(45)11-19-37)32-8-16-36(17-9-32)48-40-24-28-42(29-25-40)50-38-20-12-34(46)13-21-38/h1-29,45-46H. The molecular weight excluding hydrogens is 744 g/mol. The predicted molar refractivity (Wildman–Crippen MR) is 223 cm³/mol. The molecule has 7 aromatic rings. The maximum absolute atomic E-state index is 15.1. The number of thiol groups is 2. The minimum atomic E-state index is -3.10. The lowest BCUT2D eigenvalue weighted by Crippen LogP contribution is -2.24. The van der Waals surface area contributed by atoms with Gasteiger partial charge in [0, 0.05) is 64.9 Å². The van der Waals surface area contributed by atoms with E-state index in [0.717, 1.165) is 45.3 Å². The lowest BCUT2D eigenvalue weighted by atomic mass is 10.3. The van der Waals surface area contributed by atoms with E-state index in [2.05, 4.69) is 122 Å². The molecule has 0 saturated heterocycles. The lowest BCUT2D eigenvalue weighted by molar-refractivity contribution is 0.592. The van der Waals surface area contributed by atoms with Gasteiger partial charge in [0.15, 0.2) is 7.14 Å². The van der Waals surface area contributed by atoms with Crippen LogP contribution in [-0.2, 0) is 4.57 Å². The van der Waals surface area contributed by atoms with Crippen molar-refractivity contribution in [1.29, 1.82) is 0 Å². The summed E-state index contributed by atoms with van der Waals surface area (Å²) < 4.78 is 15.1. The third-order valence-electron chi connectivity index (χ3n) is 7.78. The smallest absolute Gasteiger partial charge is 0.171 e. The first-order valence-corrected chi connectivity index (χ1v) is 21.6. The van der Waals surface area contributed by atoms with E-state index in [4.69, 9.17) is 0 Å². The quantitative estimate of drug-likeness (QED) is 0.100. The summed E-state index contributed by atoms with van der Waals surface area (Å²) >= 11 is 15.6. The molecule has 0 atom stereocenters. The highest BCUT2D eigenvalue weighted by atomic mass is 32.2. The third-order valence-corrected chi connectivity index (χ3v) is 15.5. The third kappa shape index (κ3) is 8.83. The van der Waals surface area contributed by atoms with Crippen LogP contribution in [0.5, 0.6) is 0 Å². The highest BCUT2D eigenvalue weighted by Gasteiger charge is 2.29. The largest absolute Gasteiger partial charge is 0.309 e. The Kier molecular flexibility index (Phi) is 11.6. The SMILES string of the molecule is O=P(c1ccccc1)(c1ccc(Sc2ccc(Sc3ccc(S)cc3)cc2)cc1)c1ccc(Sc2ccc(Sc3ccc(S)cc3)cc2)cc1. The van der Waals surface area contributed by atoms with Gasteiger partial charge < -0.3 is 4.57 Å². The molecule has 0 heterocycles. The predicted octanol–water partition coefficient (Wildman–Crippen LogP) is 12.5. The fourth-order valence-electron chi connectivity index (χ4n) is 5.26. The molecule has 246 valence electrons. The minimum Gasteiger partial charge on any atom is -0.309 e. The van der Waals surface area contributed by atoms with E-state index in [0.29, 0.717) is 0 Å². The minimum absolute atomic E-state index is 0.824. The van der Waals surface area contributed by atoms with Crippen LogP contribution >= 0.6 is 79.4 Å².